The number of methoxy groups -OCH3 is 1. The topological polar surface area (TPSA) is 41.1 Å². The summed E-state index contributed by atoms with van der Waals surface area (Å²) in [5.74, 6) is 1.00. The lowest BCUT2D eigenvalue weighted by molar-refractivity contribution is 0.407. The number of hydrogen-bond donors (Lipinski definition) is 1. The van der Waals surface area contributed by atoms with E-state index in [0.29, 0.717) is 0 Å². The van der Waals surface area contributed by atoms with Crippen molar-refractivity contribution in [1.29, 1.82) is 0 Å². The number of anilines is 1. The summed E-state index contributed by atoms with van der Waals surface area (Å²) in [6, 6.07) is 6.27. The second kappa shape index (κ2) is 4.72. The largest absolute Gasteiger partial charge is 0.496 e. The highest BCUT2D eigenvalue weighted by Gasteiger charge is 2.20. The molecule has 0 spiro atoms. The fourth-order valence-electron chi connectivity index (χ4n) is 2.60. The molecule has 4 nitrogen and oxygen atoms in total. The number of ether oxygens (including phenoxy) is 1. The molecule has 0 atom stereocenters. The molecule has 2 heterocycles. The Bertz CT molecular complexity index is 522. The molecule has 94 valence electrons. The number of benzene rings is 1. The van der Waals surface area contributed by atoms with Crippen LogP contribution in [0.5, 0.6) is 5.75 Å². The van der Waals surface area contributed by atoms with Crippen LogP contribution in [0.25, 0.3) is 0 Å². The monoisotopic (exact) mass is 243 g/mol. The molecular formula is C14H17N3O. The Morgan fingerprint density at radius 3 is 3.17 bits per heavy atom. The van der Waals surface area contributed by atoms with Crippen molar-refractivity contribution in [3.05, 3.63) is 42.0 Å². The van der Waals surface area contributed by atoms with Crippen molar-refractivity contribution in [3.8, 4) is 5.75 Å². The van der Waals surface area contributed by atoms with Crippen molar-refractivity contribution in [2.24, 2.45) is 0 Å². The molecule has 2 aromatic rings. The highest BCUT2D eigenvalue weighted by molar-refractivity contribution is 5.61. The summed E-state index contributed by atoms with van der Waals surface area (Å²) in [7, 11) is 1.74. The van der Waals surface area contributed by atoms with Crippen molar-refractivity contribution in [3.63, 3.8) is 0 Å². The number of aromatic amines is 1. The Kier molecular flexibility index (Phi) is 2.92. The summed E-state index contributed by atoms with van der Waals surface area (Å²) in [6.07, 6.45) is 5.88. The van der Waals surface area contributed by atoms with Crippen molar-refractivity contribution >= 4 is 5.69 Å². The molecule has 4 heteroatoms. The van der Waals surface area contributed by atoms with Gasteiger partial charge in [-0.25, -0.2) is 4.98 Å². The number of nitrogens with zero attached hydrogens (tertiary/aromatic N) is 2. The molecule has 0 bridgehead atoms. The van der Waals surface area contributed by atoms with Crippen molar-refractivity contribution < 1.29 is 4.74 Å². The molecule has 18 heavy (non-hydrogen) atoms. The third kappa shape index (κ3) is 1.94. The van der Waals surface area contributed by atoms with Gasteiger partial charge in [0, 0.05) is 24.0 Å². The van der Waals surface area contributed by atoms with Gasteiger partial charge in [0.05, 0.1) is 25.7 Å². The van der Waals surface area contributed by atoms with Gasteiger partial charge in [-0.1, -0.05) is 6.07 Å². The van der Waals surface area contributed by atoms with E-state index in [1.165, 1.54) is 17.7 Å². The van der Waals surface area contributed by atoms with Gasteiger partial charge in [0.2, 0.25) is 0 Å². The standard InChI is InChI=1S/C14H17N3O/c1-18-14-6-2-5-13-12(14)4-3-7-17(13)9-11-8-15-10-16-11/h2,5-6,8,10H,3-4,7,9H2,1H3,(H,15,16). The van der Waals surface area contributed by atoms with E-state index in [1.807, 2.05) is 12.3 Å². The maximum absolute atomic E-state index is 5.45. The van der Waals surface area contributed by atoms with Gasteiger partial charge in [-0.3, -0.25) is 0 Å². The van der Waals surface area contributed by atoms with E-state index in [4.69, 9.17) is 4.74 Å². The number of imidazole rings is 1. The molecule has 1 aromatic heterocycles. The first-order valence-corrected chi connectivity index (χ1v) is 6.26. The number of H-pyrrole nitrogens is 1. The molecule has 1 aliphatic rings. The van der Waals surface area contributed by atoms with Crippen molar-refractivity contribution in [2.75, 3.05) is 18.6 Å². The van der Waals surface area contributed by atoms with Crippen LogP contribution in [0.15, 0.2) is 30.7 Å². The molecule has 0 fully saturated rings. The SMILES string of the molecule is COc1cccc2c1CCCN2Cc1cnc[nH]1. The van der Waals surface area contributed by atoms with E-state index in [2.05, 4.69) is 27.0 Å². The zero-order chi connectivity index (χ0) is 12.4. The Labute approximate surface area is 107 Å². The first-order valence-electron chi connectivity index (χ1n) is 6.26. The van der Waals surface area contributed by atoms with Gasteiger partial charge in [-0.05, 0) is 25.0 Å². The maximum Gasteiger partial charge on any atom is 0.124 e. The van der Waals surface area contributed by atoms with E-state index >= 15 is 0 Å². The summed E-state index contributed by atoms with van der Waals surface area (Å²) >= 11 is 0. The Morgan fingerprint density at radius 1 is 1.44 bits per heavy atom. The minimum atomic E-state index is 0.875. The Balaban J connectivity index is 1.92. The number of fused-ring (bicyclic) bond motifs is 1. The molecule has 0 amide bonds. The van der Waals surface area contributed by atoms with Crippen LogP contribution in [0.3, 0.4) is 0 Å². The molecule has 1 N–H and O–H groups in total. The summed E-state index contributed by atoms with van der Waals surface area (Å²) in [5.41, 5.74) is 3.76. The van der Waals surface area contributed by atoms with Crippen LogP contribution in [-0.2, 0) is 13.0 Å². The summed E-state index contributed by atoms with van der Waals surface area (Å²) in [5, 5.41) is 0. The molecule has 1 aliphatic heterocycles. The van der Waals surface area contributed by atoms with Crippen LogP contribution in [0.1, 0.15) is 17.7 Å². The van der Waals surface area contributed by atoms with Crippen LogP contribution in [0.2, 0.25) is 0 Å². The smallest absolute Gasteiger partial charge is 0.124 e. The lowest BCUT2D eigenvalue weighted by Crippen LogP contribution is -2.29. The quantitative estimate of drug-likeness (QED) is 0.899. The van der Waals surface area contributed by atoms with Crippen molar-refractivity contribution in [2.45, 2.75) is 19.4 Å². The van der Waals surface area contributed by atoms with Crippen LogP contribution >= 0.6 is 0 Å². The third-order valence-electron chi connectivity index (χ3n) is 3.44. The summed E-state index contributed by atoms with van der Waals surface area (Å²) < 4.78 is 5.45. The van der Waals surface area contributed by atoms with Gasteiger partial charge in [0.15, 0.2) is 0 Å². The molecule has 0 saturated heterocycles. The number of nitrogens with one attached hydrogen (secondary N) is 1. The Hall–Kier alpha value is -1.97. The van der Waals surface area contributed by atoms with Gasteiger partial charge < -0.3 is 14.6 Å². The molecule has 0 radical (unpaired) electrons. The highest BCUT2D eigenvalue weighted by atomic mass is 16.5. The van der Waals surface area contributed by atoms with Crippen molar-refractivity contribution in [1.82, 2.24) is 9.97 Å². The second-order valence-corrected chi connectivity index (χ2v) is 4.56. The van der Waals surface area contributed by atoms with E-state index < -0.39 is 0 Å². The first kappa shape index (κ1) is 11.1. The zero-order valence-corrected chi connectivity index (χ0v) is 10.5. The first-order chi connectivity index (χ1) is 8.88. The lowest BCUT2D eigenvalue weighted by atomic mass is 10.0. The number of rotatable bonds is 3. The predicted octanol–water partition coefficient (Wildman–Crippen LogP) is 2.37. The van der Waals surface area contributed by atoms with E-state index in [-0.39, 0.29) is 0 Å². The van der Waals surface area contributed by atoms with Gasteiger partial charge in [0.25, 0.3) is 0 Å². The van der Waals surface area contributed by atoms with Gasteiger partial charge >= 0.3 is 0 Å². The molecular weight excluding hydrogens is 226 g/mol. The molecule has 0 aliphatic carbocycles. The molecule has 0 unspecified atom stereocenters. The predicted molar refractivity (Wildman–Crippen MR) is 71.0 cm³/mol. The van der Waals surface area contributed by atoms with Gasteiger partial charge in [-0.15, -0.1) is 0 Å². The zero-order valence-electron chi connectivity index (χ0n) is 10.5. The van der Waals surface area contributed by atoms with Crippen LogP contribution in [-0.4, -0.2) is 23.6 Å². The van der Waals surface area contributed by atoms with Crippen LogP contribution in [0, 0.1) is 0 Å². The van der Waals surface area contributed by atoms with E-state index in [9.17, 15) is 0 Å². The maximum atomic E-state index is 5.45. The van der Waals surface area contributed by atoms with E-state index in [0.717, 1.165) is 31.0 Å². The number of hydrogen-bond acceptors (Lipinski definition) is 3. The third-order valence-corrected chi connectivity index (χ3v) is 3.44. The Morgan fingerprint density at radius 2 is 2.39 bits per heavy atom. The average molecular weight is 243 g/mol. The average Bonchev–Trinajstić information content (AvgIpc) is 2.91. The van der Waals surface area contributed by atoms with Gasteiger partial charge in [-0.2, -0.15) is 0 Å². The summed E-state index contributed by atoms with van der Waals surface area (Å²) in [6.45, 7) is 1.96. The molecule has 0 saturated carbocycles. The van der Waals surface area contributed by atoms with Gasteiger partial charge in [0.1, 0.15) is 5.75 Å². The number of aromatic nitrogens is 2. The minimum Gasteiger partial charge on any atom is -0.496 e. The second-order valence-electron chi connectivity index (χ2n) is 4.56. The lowest BCUT2D eigenvalue weighted by Gasteiger charge is -2.31. The highest BCUT2D eigenvalue weighted by Crippen LogP contribution is 2.34. The normalized spacial score (nSPS) is 14.4. The van der Waals surface area contributed by atoms with Crippen LogP contribution in [0.4, 0.5) is 5.69 Å². The fourth-order valence-corrected chi connectivity index (χ4v) is 2.60. The van der Waals surface area contributed by atoms with Crippen LogP contribution < -0.4 is 9.64 Å². The molecule has 3 rings (SSSR count). The van der Waals surface area contributed by atoms with E-state index in [1.54, 1.807) is 13.4 Å². The fraction of sp³-hybridized carbons (Fsp3) is 0.357. The minimum absolute atomic E-state index is 0.875. The molecule has 1 aromatic carbocycles. The summed E-state index contributed by atoms with van der Waals surface area (Å²) in [4.78, 5) is 9.61.